The first-order chi connectivity index (χ1) is 20.6. The van der Waals surface area contributed by atoms with Crippen LogP contribution >= 0.6 is 11.6 Å². The zero-order valence-electron chi connectivity index (χ0n) is 24.4. The van der Waals surface area contributed by atoms with Crippen molar-refractivity contribution in [2.75, 3.05) is 12.4 Å². The highest BCUT2D eigenvalue weighted by Gasteiger charge is 2.31. The average molecular weight is 605 g/mol. The summed E-state index contributed by atoms with van der Waals surface area (Å²) in [4.78, 5) is 17.6. The molecule has 0 saturated carbocycles. The predicted octanol–water partition coefficient (Wildman–Crippen LogP) is 8.99. The third-order valence-electron chi connectivity index (χ3n) is 7.50. The molecule has 3 N–H and O–H groups in total. The van der Waals surface area contributed by atoms with Gasteiger partial charge >= 0.3 is 0 Å². The SMILES string of the molecule is COc1ccc(C2=CN=C3/C(Nc4ccc(C(=O)CC(=N)[C@H](C)C/C=C/C(C)=N)c(Cl)c4)=C/C/C=C\CCC23)c(F)c1F. The van der Waals surface area contributed by atoms with Gasteiger partial charge in [-0.25, -0.2) is 4.39 Å². The van der Waals surface area contributed by atoms with Gasteiger partial charge in [0.2, 0.25) is 5.82 Å². The van der Waals surface area contributed by atoms with Crippen LogP contribution in [0.4, 0.5) is 14.5 Å². The van der Waals surface area contributed by atoms with Crippen LogP contribution in [0.25, 0.3) is 5.57 Å². The second-order valence-electron chi connectivity index (χ2n) is 10.7. The molecule has 2 aromatic carbocycles. The minimum atomic E-state index is -1.03. The lowest BCUT2D eigenvalue weighted by atomic mass is 9.86. The number of ketones is 1. The van der Waals surface area contributed by atoms with Gasteiger partial charge in [-0.1, -0.05) is 42.8 Å². The normalized spacial score (nSPS) is 19.1. The molecule has 2 atom stereocenters. The molecule has 1 aliphatic heterocycles. The van der Waals surface area contributed by atoms with Crippen molar-refractivity contribution in [2.24, 2.45) is 16.8 Å². The Hall–Kier alpha value is -4.17. The number of methoxy groups -OCH3 is 1. The topological polar surface area (TPSA) is 98.4 Å². The monoisotopic (exact) mass is 604 g/mol. The fraction of sp³-hybridized carbons (Fsp3) is 0.294. The number of Topliss-reactive ketones (excluding diaryl/α,β-unsaturated/α-hetero) is 1. The summed E-state index contributed by atoms with van der Waals surface area (Å²) < 4.78 is 34.6. The molecule has 6 nitrogen and oxygen atoms in total. The molecule has 9 heteroatoms. The Balaban J connectivity index is 1.50. The second-order valence-corrected chi connectivity index (χ2v) is 11.1. The van der Waals surface area contributed by atoms with E-state index < -0.39 is 11.6 Å². The molecule has 0 spiro atoms. The Kier molecular flexibility index (Phi) is 10.6. The average Bonchev–Trinajstić information content (AvgIpc) is 3.41. The number of halogens is 3. The Morgan fingerprint density at radius 3 is 2.72 bits per heavy atom. The maximum atomic E-state index is 15.1. The predicted molar refractivity (Wildman–Crippen MR) is 171 cm³/mol. The summed E-state index contributed by atoms with van der Waals surface area (Å²) in [5.41, 5.74) is 3.89. The Bertz CT molecular complexity index is 1590. The summed E-state index contributed by atoms with van der Waals surface area (Å²) in [7, 11) is 1.29. The lowest BCUT2D eigenvalue weighted by Gasteiger charge is -2.21. The van der Waals surface area contributed by atoms with E-state index in [2.05, 4.69) is 16.4 Å². The molecule has 0 amide bonds. The van der Waals surface area contributed by atoms with Gasteiger partial charge in [-0.2, -0.15) is 4.39 Å². The van der Waals surface area contributed by atoms with E-state index in [9.17, 15) is 9.18 Å². The van der Waals surface area contributed by atoms with Crippen LogP contribution in [0.1, 0.15) is 61.9 Å². The van der Waals surface area contributed by atoms with Gasteiger partial charge < -0.3 is 20.9 Å². The largest absolute Gasteiger partial charge is 0.494 e. The van der Waals surface area contributed by atoms with E-state index in [0.29, 0.717) is 53.2 Å². The van der Waals surface area contributed by atoms with Crippen molar-refractivity contribution < 1.29 is 18.3 Å². The van der Waals surface area contributed by atoms with Crippen LogP contribution in [0.3, 0.4) is 0 Å². The molecule has 1 unspecified atom stereocenters. The van der Waals surface area contributed by atoms with E-state index in [1.54, 1.807) is 37.4 Å². The van der Waals surface area contributed by atoms with Crippen LogP contribution < -0.4 is 10.1 Å². The number of carbonyl (C=O) groups is 1. The van der Waals surface area contributed by atoms with Gasteiger partial charge in [-0.3, -0.25) is 9.79 Å². The number of ether oxygens (including phenoxy) is 1. The van der Waals surface area contributed by atoms with Crippen LogP contribution in [0, 0.1) is 34.3 Å². The molecule has 2 aliphatic rings. The standard InChI is InChI=1S/C34H35ClF2N4O2/c1-20(9-8-10-21(2)38)28(39)18-30(42)25-14-13-22(17-27(25)35)41-29-12-7-5-4-6-11-24-26(19-40-34(24)29)23-15-16-31(43-3)33(37)32(23)36/h4-5,8,10,12-17,19-20,24,38-39,41H,6-7,9,11,18H2,1-3H3/b5-4-,10-8+,29-12-,38-21?,39-28?/t20-,24?/m1/s1. The highest BCUT2D eigenvalue weighted by Crippen LogP contribution is 2.39. The van der Waals surface area contributed by atoms with Gasteiger partial charge in [0.25, 0.3) is 0 Å². The molecule has 0 bridgehead atoms. The summed E-state index contributed by atoms with van der Waals surface area (Å²) in [6, 6.07) is 8.00. The number of fused-ring (bicyclic) bond motifs is 1. The number of rotatable bonds is 11. The van der Waals surface area contributed by atoms with E-state index in [-0.39, 0.29) is 40.4 Å². The summed E-state index contributed by atoms with van der Waals surface area (Å²) in [6.45, 7) is 3.56. The number of hydrogen-bond acceptors (Lipinski definition) is 6. The Labute approximate surface area is 255 Å². The minimum Gasteiger partial charge on any atom is -0.494 e. The van der Waals surface area contributed by atoms with E-state index in [1.807, 2.05) is 25.2 Å². The first kappa shape index (κ1) is 31.8. The quantitative estimate of drug-likeness (QED) is 0.136. The van der Waals surface area contributed by atoms with E-state index >= 15 is 4.39 Å². The molecule has 0 radical (unpaired) electrons. The first-order valence-corrected chi connectivity index (χ1v) is 14.5. The van der Waals surface area contributed by atoms with Gasteiger partial charge in [0.1, 0.15) is 0 Å². The van der Waals surface area contributed by atoms with Gasteiger partial charge in [0.15, 0.2) is 17.3 Å². The molecular weight excluding hydrogens is 570 g/mol. The van der Waals surface area contributed by atoms with Crippen molar-refractivity contribution in [3.05, 3.63) is 100 Å². The van der Waals surface area contributed by atoms with Crippen molar-refractivity contribution in [1.82, 2.24) is 0 Å². The van der Waals surface area contributed by atoms with Crippen LogP contribution in [0.15, 0.2) is 77.6 Å². The smallest absolute Gasteiger partial charge is 0.201 e. The van der Waals surface area contributed by atoms with E-state index in [4.69, 9.17) is 27.2 Å². The van der Waals surface area contributed by atoms with Crippen molar-refractivity contribution in [3.63, 3.8) is 0 Å². The number of carbonyl (C=O) groups excluding carboxylic acids is 1. The number of benzene rings is 2. The molecule has 1 aliphatic carbocycles. The molecule has 43 heavy (non-hydrogen) atoms. The summed E-state index contributed by atoms with van der Waals surface area (Å²) in [6.07, 6.45) is 13.8. The van der Waals surface area contributed by atoms with E-state index in [1.165, 1.54) is 19.2 Å². The molecule has 224 valence electrons. The molecule has 4 rings (SSSR count). The zero-order chi connectivity index (χ0) is 31.1. The van der Waals surface area contributed by atoms with Gasteiger partial charge in [-0.05, 0) is 80.5 Å². The molecule has 0 fully saturated rings. The number of nitrogens with one attached hydrogen (secondary N) is 3. The maximum absolute atomic E-state index is 15.1. The van der Waals surface area contributed by atoms with Crippen molar-refractivity contribution in [3.8, 4) is 5.75 Å². The van der Waals surface area contributed by atoms with E-state index in [0.717, 1.165) is 12.1 Å². The second kappa shape index (κ2) is 14.3. The van der Waals surface area contributed by atoms with Crippen LogP contribution in [-0.4, -0.2) is 30.0 Å². The summed E-state index contributed by atoms with van der Waals surface area (Å²) in [5, 5.41) is 19.5. The number of hydrogen-bond donors (Lipinski definition) is 3. The molecule has 2 aromatic rings. The van der Waals surface area contributed by atoms with Crippen LogP contribution in [-0.2, 0) is 0 Å². The number of anilines is 1. The fourth-order valence-electron chi connectivity index (χ4n) is 5.08. The van der Waals surface area contributed by atoms with Crippen LogP contribution in [0.2, 0.25) is 5.02 Å². The Morgan fingerprint density at radius 2 is 2.00 bits per heavy atom. The third-order valence-corrected chi connectivity index (χ3v) is 7.81. The van der Waals surface area contributed by atoms with Crippen molar-refractivity contribution in [2.45, 2.75) is 46.0 Å². The Morgan fingerprint density at radius 1 is 1.21 bits per heavy atom. The minimum absolute atomic E-state index is 0.0436. The third kappa shape index (κ3) is 7.62. The van der Waals surface area contributed by atoms with Gasteiger partial charge in [-0.15, -0.1) is 0 Å². The highest BCUT2D eigenvalue weighted by atomic mass is 35.5. The summed E-state index contributed by atoms with van der Waals surface area (Å²) >= 11 is 6.55. The van der Waals surface area contributed by atoms with Crippen LogP contribution in [0.5, 0.6) is 5.75 Å². The lowest BCUT2D eigenvalue weighted by Crippen LogP contribution is -2.20. The van der Waals surface area contributed by atoms with Gasteiger partial charge in [0, 0.05) is 46.8 Å². The zero-order valence-corrected chi connectivity index (χ0v) is 25.2. The highest BCUT2D eigenvalue weighted by molar-refractivity contribution is 6.34. The number of nitrogens with zero attached hydrogens (tertiary/aromatic N) is 1. The fourth-order valence-corrected chi connectivity index (χ4v) is 5.36. The maximum Gasteiger partial charge on any atom is 0.201 e. The lowest BCUT2D eigenvalue weighted by molar-refractivity contribution is 0.0999. The van der Waals surface area contributed by atoms with Crippen molar-refractivity contribution >= 4 is 45.8 Å². The summed E-state index contributed by atoms with van der Waals surface area (Å²) in [5.74, 6) is -2.80. The number of allylic oxidation sites excluding steroid dienone is 7. The molecule has 0 saturated heterocycles. The molecule has 1 heterocycles. The van der Waals surface area contributed by atoms with Crippen molar-refractivity contribution in [1.29, 1.82) is 10.8 Å². The molecular formula is C34H35ClF2N4O2. The molecule has 0 aromatic heterocycles. The number of aliphatic imine (C=N–C) groups is 1. The van der Waals surface area contributed by atoms with Gasteiger partial charge in [0.05, 0.1) is 23.5 Å². The first-order valence-electron chi connectivity index (χ1n) is 14.1.